The van der Waals surface area contributed by atoms with Crippen LogP contribution in [0.15, 0.2) is 0 Å². The molecule has 2 heterocycles. The van der Waals surface area contributed by atoms with Crippen LogP contribution in [0.5, 0.6) is 0 Å². The first-order chi connectivity index (χ1) is 9.55. The molecule has 0 aromatic rings. The fraction of sp³-hybridized carbons (Fsp3) is 0.938. The molecule has 0 bridgehead atoms. The summed E-state index contributed by atoms with van der Waals surface area (Å²) < 4.78 is 0. The number of amides is 1. The van der Waals surface area contributed by atoms with E-state index in [0.29, 0.717) is 25.0 Å². The van der Waals surface area contributed by atoms with E-state index in [0.717, 1.165) is 25.4 Å². The lowest BCUT2D eigenvalue weighted by Crippen LogP contribution is -2.52. The molecule has 1 N–H and O–H groups in total. The average molecular weight is 280 g/mol. The van der Waals surface area contributed by atoms with Crippen LogP contribution in [0.3, 0.4) is 0 Å². The molecule has 2 aliphatic heterocycles. The highest BCUT2D eigenvalue weighted by Crippen LogP contribution is 2.35. The summed E-state index contributed by atoms with van der Waals surface area (Å²) in [5, 5.41) is 10.0. The fourth-order valence-electron chi connectivity index (χ4n) is 4.39. The Labute approximate surface area is 122 Å². The third kappa shape index (κ3) is 3.01. The van der Waals surface area contributed by atoms with Gasteiger partial charge in [-0.1, -0.05) is 12.8 Å². The minimum Gasteiger partial charge on any atom is -0.389 e. The molecule has 2 saturated heterocycles. The van der Waals surface area contributed by atoms with Crippen molar-refractivity contribution in [2.75, 3.05) is 26.2 Å². The van der Waals surface area contributed by atoms with Crippen LogP contribution < -0.4 is 0 Å². The first-order valence-corrected chi connectivity index (χ1v) is 8.29. The Morgan fingerprint density at radius 1 is 1.20 bits per heavy atom. The van der Waals surface area contributed by atoms with Gasteiger partial charge in [0.1, 0.15) is 0 Å². The van der Waals surface area contributed by atoms with Crippen molar-refractivity contribution in [3.05, 3.63) is 0 Å². The molecule has 3 atom stereocenters. The maximum atomic E-state index is 12.6. The molecule has 114 valence electrons. The first-order valence-electron chi connectivity index (χ1n) is 8.29. The molecular weight excluding hydrogens is 252 g/mol. The molecule has 20 heavy (non-hydrogen) atoms. The second-order valence-electron chi connectivity index (χ2n) is 7.30. The van der Waals surface area contributed by atoms with Crippen molar-refractivity contribution in [2.45, 2.75) is 63.5 Å². The predicted octanol–water partition coefficient (Wildman–Crippen LogP) is 1.62. The molecule has 3 aliphatic rings. The molecule has 3 fully saturated rings. The van der Waals surface area contributed by atoms with Crippen LogP contribution >= 0.6 is 0 Å². The normalized spacial score (nSPS) is 38.8. The van der Waals surface area contributed by atoms with Crippen molar-refractivity contribution >= 4 is 5.91 Å². The summed E-state index contributed by atoms with van der Waals surface area (Å²) in [4.78, 5) is 16.9. The highest BCUT2D eigenvalue weighted by atomic mass is 16.3. The first kappa shape index (κ1) is 14.3. The van der Waals surface area contributed by atoms with Gasteiger partial charge in [0.2, 0.25) is 5.91 Å². The van der Waals surface area contributed by atoms with E-state index in [4.69, 9.17) is 0 Å². The van der Waals surface area contributed by atoms with Crippen molar-refractivity contribution in [3.63, 3.8) is 0 Å². The summed E-state index contributed by atoms with van der Waals surface area (Å²) in [6.07, 6.45) is 8.41. The molecular formula is C16H28N2O2. The number of fused-ring (bicyclic) bond motifs is 1. The zero-order chi connectivity index (χ0) is 14.2. The van der Waals surface area contributed by atoms with E-state index < -0.39 is 5.60 Å². The SMILES string of the molecule is CC1(O)CCN(CC(=O)N2CCCC3CCCCC32)C1. The summed E-state index contributed by atoms with van der Waals surface area (Å²) in [5.74, 6) is 1.04. The van der Waals surface area contributed by atoms with Gasteiger partial charge < -0.3 is 10.0 Å². The third-order valence-corrected chi connectivity index (χ3v) is 5.45. The molecule has 3 unspecified atom stereocenters. The number of rotatable bonds is 2. The number of nitrogens with zero attached hydrogens (tertiary/aromatic N) is 2. The van der Waals surface area contributed by atoms with E-state index in [-0.39, 0.29) is 0 Å². The lowest BCUT2D eigenvalue weighted by Gasteiger charge is -2.44. The van der Waals surface area contributed by atoms with Crippen molar-refractivity contribution in [2.24, 2.45) is 5.92 Å². The van der Waals surface area contributed by atoms with Crippen molar-refractivity contribution in [1.82, 2.24) is 9.80 Å². The van der Waals surface area contributed by atoms with E-state index in [1.54, 1.807) is 0 Å². The molecule has 1 amide bonds. The number of carbonyl (C=O) groups excluding carboxylic acids is 1. The van der Waals surface area contributed by atoms with Crippen molar-refractivity contribution in [1.29, 1.82) is 0 Å². The standard InChI is InChI=1S/C16H28N2O2/c1-16(20)8-10-17(12-16)11-15(19)18-9-4-6-13-5-2-3-7-14(13)18/h13-14,20H,2-12H2,1H3. The Bertz CT molecular complexity index is 367. The maximum absolute atomic E-state index is 12.6. The van der Waals surface area contributed by atoms with Gasteiger partial charge in [-0.15, -0.1) is 0 Å². The van der Waals surface area contributed by atoms with Gasteiger partial charge in [0.05, 0.1) is 12.1 Å². The van der Waals surface area contributed by atoms with Gasteiger partial charge >= 0.3 is 0 Å². The molecule has 0 radical (unpaired) electrons. The maximum Gasteiger partial charge on any atom is 0.237 e. The van der Waals surface area contributed by atoms with E-state index in [2.05, 4.69) is 9.80 Å². The Hall–Kier alpha value is -0.610. The lowest BCUT2D eigenvalue weighted by molar-refractivity contribution is -0.138. The molecule has 0 spiro atoms. The zero-order valence-electron chi connectivity index (χ0n) is 12.7. The number of carbonyl (C=O) groups is 1. The number of hydrogen-bond acceptors (Lipinski definition) is 3. The molecule has 4 nitrogen and oxygen atoms in total. The van der Waals surface area contributed by atoms with E-state index in [9.17, 15) is 9.90 Å². The highest BCUT2D eigenvalue weighted by Gasteiger charge is 2.37. The Kier molecular flexibility index (Phi) is 4.04. The van der Waals surface area contributed by atoms with Gasteiger partial charge in [-0.25, -0.2) is 0 Å². The zero-order valence-corrected chi connectivity index (χ0v) is 12.7. The minimum atomic E-state index is -0.602. The molecule has 1 aliphatic carbocycles. The summed E-state index contributed by atoms with van der Waals surface area (Å²) in [6.45, 7) is 4.81. The van der Waals surface area contributed by atoms with Gasteiger partial charge in [-0.2, -0.15) is 0 Å². The topological polar surface area (TPSA) is 43.8 Å². The fourth-order valence-corrected chi connectivity index (χ4v) is 4.39. The summed E-state index contributed by atoms with van der Waals surface area (Å²) in [7, 11) is 0. The molecule has 4 heteroatoms. The van der Waals surface area contributed by atoms with Gasteiger partial charge in [-0.3, -0.25) is 9.69 Å². The summed E-state index contributed by atoms with van der Waals surface area (Å²) >= 11 is 0. The summed E-state index contributed by atoms with van der Waals surface area (Å²) in [5.41, 5.74) is -0.602. The Morgan fingerprint density at radius 3 is 2.70 bits per heavy atom. The molecule has 0 aromatic carbocycles. The average Bonchev–Trinajstić information content (AvgIpc) is 2.77. The van der Waals surface area contributed by atoms with Crippen LogP contribution in [-0.4, -0.2) is 58.6 Å². The van der Waals surface area contributed by atoms with Crippen LogP contribution in [0, 0.1) is 5.92 Å². The molecule has 0 aromatic heterocycles. The molecule has 3 rings (SSSR count). The Balaban J connectivity index is 1.58. The number of likely N-dealkylation sites (tertiary alicyclic amines) is 2. The van der Waals surface area contributed by atoms with Gasteiger partial charge in [0.25, 0.3) is 0 Å². The number of aliphatic hydroxyl groups is 1. The smallest absolute Gasteiger partial charge is 0.237 e. The summed E-state index contributed by atoms with van der Waals surface area (Å²) in [6, 6.07) is 0.508. The molecule has 1 saturated carbocycles. The van der Waals surface area contributed by atoms with Crippen LogP contribution in [-0.2, 0) is 4.79 Å². The predicted molar refractivity (Wildman–Crippen MR) is 78.4 cm³/mol. The van der Waals surface area contributed by atoms with E-state index >= 15 is 0 Å². The van der Waals surface area contributed by atoms with Crippen LogP contribution in [0.25, 0.3) is 0 Å². The van der Waals surface area contributed by atoms with Gasteiger partial charge in [0, 0.05) is 25.7 Å². The lowest BCUT2D eigenvalue weighted by atomic mass is 9.78. The second-order valence-corrected chi connectivity index (χ2v) is 7.30. The second kappa shape index (κ2) is 5.64. The van der Waals surface area contributed by atoms with Crippen LogP contribution in [0.4, 0.5) is 0 Å². The third-order valence-electron chi connectivity index (χ3n) is 5.45. The minimum absolute atomic E-state index is 0.291. The monoisotopic (exact) mass is 280 g/mol. The van der Waals surface area contributed by atoms with Crippen LogP contribution in [0.1, 0.15) is 51.9 Å². The van der Waals surface area contributed by atoms with Gasteiger partial charge in [0.15, 0.2) is 0 Å². The Morgan fingerprint density at radius 2 is 1.95 bits per heavy atom. The number of hydrogen-bond donors (Lipinski definition) is 1. The van der Waals surface area contributed by atoms with Crippen molar-refractivity contribution in [3.8, 4) is 0 Å². The van der Waals surface area contributed by atoms with Crippen LogP contribution in [0.2, 0.25) is 0 Å². The van der Waals surface area contributed by atoms with E-state index in [1.807, 2.05) is 6.92 Å². The number of β-amino-alcohol motifs (C(OH)–C–C–N with tert-alkyl or cyclic N) is 1. The van der Waals surface area contributed by atoms with Gasteiger partial charge in [-0.05, 0) is 44.9 Å². The number of piperidine rings is 1. The quantitative estimate of drug-likeness (QED) is 0.836. The highest BCUT2D eigenvalue weighted by molar-refractivity contribution is 5.78. The largest absolute Gasteiger partial charge is 0.389 e. The van der Waals surface area contributed by atoms with Crippen molar-refractivity contribution < 1.29 is 9.90 Å². The van der Waals surface area contributed by atoms with E-state index in [1.165, 1.54) is 38.5 Å².